The van der Waals surface area contributed by atoms with Crippen LogP contribution >= 0.6 is 11.3 Å². The minimum atomic E-state index is -3.70. The summed E-state index contributed by atoms with van der Waals surface area (Å²) in [7, 11) is -2.29. The number of benzene rings is 1. The van der Waals surface area contributed by atoms with Crippen molar-refractivity contribution in [2.24, 2.45) is 0 Å². The van der Waals surface area contributed by atoms with Crippen LogP contribution in [0, 0.1) is 6.92 Å². The van der Waals surface area contributed by atoms with E-state index in [1.165, 1.54) is 30.6 Å². The molecule has 20 heavy (non-hydrogen) atoms. The van der Waals surface area contributed by atoms with Crippen LogP contribution in [0.2, 0.25) is 0 Å². The van der Waals surface area contributed by atoms with E-state index in [1.54, 1.807) is 6.07 Å². The van der Waals surface area contributed by atoms with E-state index < -0.39 is 10.0 Å². The molecular formula is C12H15N3O3S2. The maximum Gasteiger partial charge on any atom is 0.244 e. The molecule has 3 N–H and O–H groups in total. The van der Waals surface area contributed by atoms with Gasteiger partial charge in [0.2, 0.25) is 10.0 Å². The van der Waals surface area contributed by atoms with Gasteiger partial charge in [-0.05, 0) is 25.1 Å². The van der Waals surface area contributed by atoms with E-state index in [1.807, 2.05) is 12.3 Å². The van der Waals surface area contributed by atoms with Crippen molar-refractivity contribution >= 4 is 27.0 Å². The van der Waals surface area contributed by atoms with Gasteiger partial charge in [-0.25, -0.2) is 18.1 Å². The number of anilines is 1. The fourth-order valence-electron chi connectivity index (χ4n) is 1.62. The highest BCUT2D eigenvalue weighted by molar-refractivity contribution is 7.89. The number of methoxy groups -OCH3 is 1. The molecule has 0 spiro atoms. The molecule has 1 aromatic heterocycles. The van der Waals surface area contributed by atoms with E-state index >= 15 is 0 Å². The van der Waals surface area contributed by atoms with E-state index in [-0.39, 0.29) is 17.2 Å². The molecule has 0 saturated carbocycles. The van der Waals surface area contributed by atoms with Gasteiger partial charge in [0.1, 0.15) is 15.7 Å². The Morgan fingerprint density at radius 2 is 2.20 bits per heavy atom. The molecule has 1 aromatic carbocycles. The van der Waals surface area contributed by atoms with E-state index in [2.05, 4.69) is 9.71 Å². The fourth-order valence-corrected chi connectivity index (χ4v) is 3.61. The van der Waals surface area contributed by atoms with Gasteiger partial charge in [0.25, 0.3) is 0 Å². The summed E-state index contributed by atoms with van der Waals surface area (Å²) in [5.41, 5.74) is 6.86. The summed E-state index contributed by atoms with van der Waals surface area (Å²) in [6, 6.07) is 4.48. The third kappa shape index (κ3) is 3.27. The number of nitrogens with two attached hydrogens (primary N) is 1. The van der Waals surface area contributed by atoms with Crippen molar-refractivity contribution in [1.29, 1.82) is 0 Å². The van der Waals surface area contributed by atoms with Crippen LogP contribution in [-0.4, -0.2) is 20.5 Å². The van der Waals surface area contributed by atoms with Crippen LogP contribution in [0.1, 0.15) is 10.7 Å². The molecule has 0 amide bonds. The second-order valence-electron chi connectivity index (χ2n) is 4.12. The van der Waals surface area contributed by atoms with Crippen molar-refractivity contribution in [3.05, 3.63) is 34.3 Å². The first-order valence-electron chi connectivity index (χ1n) is 5.76. The predicted molar refractivity (Wildman–Crippen MR) is 78.3 cm³/mol. The molecule has 0 fully saturated rings. The van der Waals surface area contributed by atoms with Gasteiger partial charge >= 0.3 is 0 Å². The normalized spacial score (nSPS) is 11.5. The molecule has 2 aromatic rings. The van der Waals surface area contributed by atoms with Gasteiger partial charge in [-0.2, -0.15) is 0 Å². The molecule has 1 heterocycles. The Bertz CT molecular complexity index is 710. The second kappa shape index (κ2) is 5.78. The number of ether oxygens (including phenoxy) is 1. The SMILES string of the molecule is COc1ccc(N)cc1S(=O)(=O)NCc1nc(C)cs1. The zero-order valence-corrected chi connectivity index (χ0v) is 12.7. The molecule has 0 aliphatic rings. The number of hydrogen-bond acceptors (Lipinski definition) is 6. The molecule has 108 valence electrons. The average molecular weight is 313 g/mol. The molecule has 2 rings (SSSR count). The number of aryl methyl sites for hydroxylation is 1. The summed E-state index contributed by atoms with van der Waals surface area (Å²) in [6.07, 6.45) is 0. The molecular weight excluding hydrogens is 298 g/mol. The molecule has 0 bridgehead atoms. The van der Waals surface area contributed by atoms with Crippen LogP contribution in [0.15, 0.2) is 28.5 Å². The third-order valence-electron chi connectivity index (χ3n) is 2.56. The molecule has 0 aliphatic heterocycles. The van der Waals surface area contributed by atoms with Gasteiger partial charge in [0.15, 0.2) is 0 Å². The number of nitrogen functional groups attached to an aromatic ring is 1. The third-order valence-corrected chi connectivity index (χ3v) is 4.95. The Morgan fingerprint density at radius 1 is 1.45 bits per heavy atom. The highest BCUT2D eigenvalue weighted by Crippen LogP contribution is 2.26. The van der Waals surface area contributed by atoms with E-state index in [0.717, 1.165) is 5.69 Å². The number of nitrogens with one attached hydrogen (secondary N) is 1. The summed E-state index contributed by atoms with van der Waals surface area (Å²) in [4.78, 5) is 4.22. The Morgan fingerprint density at radius 3 is 2.80 bits per heavy atom. The van der Waals surface area contributed by atoms with Crippen LogP contribution in [0.5, 0.6) is 5.75 Å². The van der Waals surface area contributed by atoms with Crippen LogP contribution in [0.25, 0.3) is 0 Å². The molecule has 6 nitrogen and oxygen atoms in total. The van der Waals surface area contributed by atoms with Crippen molar-refractivity contribution in [2.75, 3.05) is 12.8 Å². The molecule has 0 saturated heterocycles. The lowest BCUT2D eigenvalue weighted by Gasteiger charge is -2.10. The Balaban J connectivity index is 2.24. The maximum atomic E-state index is 12.3. The van der Waals surface area contributed by atoms with Gasteiger partial charge in [0.05, 0.1) is 13.7 Å². The van der Waals surface area contributed by atoms with Crippen LogP contribution in [0.3, 0.4) is 0 Å². The van der Waals surface area contributed by atoms with Crippen molar-refractivity contribution in [1.82, 2.24) is 9.71 Å². The first-order valence-corrected chi connectivity index (χ1v) is 8.13. The summed E-state index contributed by atoms with van der Waals surface area (Å²) >= 11 is 1.40. The smallest absolute Gasteiger partial charge is 0.244 e. The van der Waals surface area contributed by atoms with Gasteiger partial charge in [0, 0.05) is 16.8 Å². The van der Waals surface area contributed by atoms with Gasteiger partial charge < -0.3 is 10.5 Å². The maximum absolute atomic E-state index is 12.3. The lowest BCUT2D eigenvalue weighted by atomic mass is 10.3. The lowest BCUT2D eigenvalue weighted by Crippen LogP contribution is -2.23. The highest BCUT2D eigenvalue weighted by Gasteiger charge is 2.20. The number of sulfonamides is 1. The molecule has 0 atom stereocenters. The molecule has 0 unspecified atom stereocenters. The van der Waals surface area contributed by atoms with Gasteiger partial charge in [-0.3, -0.25) is 0 Å². The van der Waals surface area contributed by atoms with E-state index in [0.29, 0.717) is 10.7 Å². The summed E-state index contributed by atoms with van der Waals surface area (Å²) in [5.74, 6) is 0.252. The second-order valence-corrected chi connectivity index (χ2v) is 6.80. The van der Waals surface area contributed by atoms with Crippen LogP contribution < -0.4 is 15.2 Å². The molecule has 0 aliphatic carbocycles. The predicted octanol–water partition coefficient (Wildman–Crippen LogP) is 1.52. The van der Waals surface area contributed by atoms with Crippen LogP contribution in [-0.2, 0) is 16.6 Å². The number of hydrogen-bond donors (Lipinski definition) is 2. The number of nitrogens with zero attached hydrogens (tertiary/aromatic N) is 1. The molecule has 0 radical (unpaired) electrons. The molecule has 8 heteroatoms. The van der Waals surface area contributed by atoms with Gasteiger partial charge in [-0.15, -0.1) is 11.3 Å². The lowest BCUT2D eigenvalue weighted by molar-refractivity contribution is 0.402. The Labute approximate surface area is 121 Å². The van der Waals surface area contributed by atoms with Crippen molar-refractivity contribution in [3.63, 3.8) is 0 Å². The summed E-state index contributed by atoms with van der Waals surface area (Å²) in [5, 5.41) is 2.57. The summed E-state index contributed by atoms with van der Waals surface area (Å²) < 4.78 is 32.1. The standard InChI is InChI=1S/C12H15N3O3S2/c1-8-7-19-12(15-8)6-14-20(16,17)11-5-9(13)3-4-10(11)18-2/h3-5,7,14H,6,13H2,1-2H3. The Kier molecular flexibility index (Phi) is 4.26. The van der Waals surface area contributed by atoms with Crippen molar-refractivity contribution < 1.29 is 13.2 Å². The fraction of sp³-hybridized carbons (Fsp3) is 0.250. The first-order chi connectivity index (χ1) is 9.42. The quantitative estimate of drug-likeness (QED) is 0.816. The number of thiazole rings is 1. The van der Waals surface area contributed by atoms with Crippen molar-refractivity contribution in [3.8, 4) is 5.75 Å². The van der Waals surface area contributed by atoms with Gasteiger partial charge in [-0.1, -0.05) is 0 Å². The van der Waals surface area contributed by atoms with E-state index in [4.69, 9.17) is 10.5 Å². The minimum absolute atomic E-state index is 0.0216. The zero-order valence-electron chi connectivity index (χ0n) is 11.1. The van der Waals surface area contributed by atoms with E-state index in [9.17, 15) is 8.42 Å². The van der Waals surface area contributed by atoms with Crippen molar-refractivity contribution in [2.45, 2.75) is 18.4 Å². The highest BCUT2D eigenvalue weighted by atomic mass is 32.2. The Hall–Kier alpha value is -1.64. The monoisotopic (exact) mass is 313 g/mol. The average Bonchev–Trinajstić information content (AvgIpc) is 2.82. The first kappa shape index (κ1) is 14.8. The zero-order chi connectivity index (χ0) is 14.8. The summed E-state index contributed by atoms with van der Waals surface area (Å²) in [6.45, 7) is 1.99. The number of rotatable bonds is 5. The topological polar surface area (TPSA) is 94.3 Å². The van der Waals surface area contributed by atoms with Crippen LogP contribution in [0.4, 0.5) is 5.69 Å². The number of aromatic nitrogens is 1. The largest absolute Gasteiger partial charge is 0.495 e. The minimum Gasteiger partial charge on any atom is -0.495 e.